The summed E-state index contributed by atoms with van der Waals surface area (Å²) in [6, 6.07) is 20.9. The first kappa shape index (κ1) is 26.8. The molecule has 0 aliphatic carbocycles. The number of halogens is 1. The first-order valence-electron chi connectivity index (χ1n) is 13.0. The van der Waals surface area contributed by atoms with E-state index in [1.54, 1.807) is 90.6 Å². The molecule has 1 fully saturated rings. The third kappa shape index (κ3) is 5.94. The number of rotatable bonds is 7. The average molecular weight is 541 g/mol. The van der Waals surface area contributed by atoms with Crippen LogP contribution in [-0.4, -0.2) is 46.5 Å². The first-order valence-corrected chi connectivity index (χ1v) is 13.0. The van der Waals surface area contributed by atoms with E-state index in [0.29, 0.717) is 59.8 Å². The van der Waals surface area contributed by atoms with Crippen molar-refractivity contribution in [1.29, 1.82) is 0 Å². The Morgan fingerprint density at radius 2 is 1.35 bits per heavy atom. The number of ketones is 1. The maximum atomic E-state index is 14.8. The van der Waals surface area contributed by atoms with E-state index in [1.807, 2.05) is 4.90 Å². The zero-order valence-corrected chi connectivity index (χ0v) is 21.9. The van der Waals surface area contributed by atoms with Gasteiger partial charge in [-0.1, -0.05) is 0 Å². The van der Waals surface area contributed by atoms with Crippen molar-refractivity contribution in [2.24, 2.45) is 7.05 Å². The molecule has 1 aliphatic heterocycles. The largest absolute Gasteiger partial charge is 0.393 e. The van der Waals surface area contributed by atoms with E-state index in [4.69, 9.17) is 0 Å². The van der Waals surface area contributed by atoms with Crippen LogP contribution in [0.5, 0.6) is 0 Å². The summed E-state index contributed by atoms with van der Waals surface area (Å²) in [6.45, 7) is 1.12. The number of aromatic nitrogens is 1. The summed E-state index contributed by atoms with van der Waals surface area (Å²) in [6.07, 6.45) is 2.59. The lowest BCUT2D eigenvalue weighted by molar-refractivity contribution is 0.101. The van der Waals surface area contributed by atoms with Crippen LogP contribution in [0.4, 0.5) is 21.5 Å². The monoisotopic (exact) mass is 540 g/mol. The van der Waals surface area contributed by atoms with Crippen LogP contribution in [0.15, 0.2) is 85.1 Å². The van der Waals surface area contributed by atoms with Crippen molar-refractivity contribution in [1.82, 2.24) is 4.57 Å². The number of amides is 2. The first-order chi connectivity index (χ1) is 19.3. The summed E-state index contributed by atoms with van der Waals surface area (Å²) >= 11 is 0. The number of piperidine rings is 1. The highest BCUT2D eigenvalue weighted by molar-refractivity contribution is 6.10. The van der Waals surface area contributed by atoms with Gasteiger partial charge in [0.05, 0.1) is 11.8 Å². The van der Waals surface area contributed by atoms with Crippen molar-refractivity contribution in [3.05, 3.63) is 113 Å². The molecule has 204 valence electrons. The second kappa shape index (κ2) is 11.5. The minimum atomic E-state index is -0.490. The van der Waals surface area contributed by atoms with E-state index in [-0.39, 0.29) is 23.4 Å². The third-order valence-corrected chi connectivity index (χ3v) is 7.00. The number of nitrogens with one attached hydrogen (secondary N) is 2. The van der Waals surface area contributed by atoms with Crippen molar-refractivity contribution in [3.63, 3.8) is 0 Å². The molecule has 1 aromatic heterocycles. The number of hydrogen-bond acceptors (Lipinski definition) is 5. The molecule has 1 saturated heterocycles. The van der Waals surface area contributed by atoms with Crippen LogP contribution >= 0.6 is 0 Å². The molecule has 3 N–H and O–H groups in total. The number of benzene rings is 3. The van der Waals surface area contributed by atoms with Gasteiger partial charge in [-0.15, -0.1) is 0 Å². The standard InChI is InChI=1S/C31H29FN4O4/c1-35-16-2-3-28(35)31(40)34-24-11-6-21(7-12-24)29(38)20-4-9-23(10-5-20)33-30(39)22-8-13-27(26(32)19-22)36-17-14-25(37)15-18-36/h2-13,16,19,25,37H,14-15,17-18H2,1H3,(H,33,39)(H,34,40). The molecule has 2 amide bonds. The van der Waals surface area contributed by atoms with Gasteiger partial charge in [0, 0.05) is 54.4 Å². The van der Waals surface area contributed by atoms with Crippen LogP contribution in [0, 0.1) is 5.82 Å². The van der Waals surface area contributed by atoms with E-state index < -0.39 is 11.7 Å². The van der Waals surface area contributed by atoms with Crippen LogP contribution in [0.1, 0.15) is 49.6 Å². The quantitative estimate of drug-likeness (QED) is 0.291. The van der Waals surface area contributed by atoms with E-state index in [2.05, 4.69) is 10.6 Å². The fourth-order valence-electron chi connectivity index (χ4n) is 4.68. The number of aryl methyl sites for hydroxylation is 1. The molecule has 3 aromatic carbocycles. The summed E-state index contributed by atoms with van der Waals surface area (Å²) in [5.41, 5.74) is 3.03. The number of aliphatic hydroxyl groups excluding tert-OH is 1. The Morgan fingerprint density at radius 3 is 1.88 bits per heavy atom. The Labute approximate surface area is 231 Å². The van der Waals surface area contributed by atoms with Gasteiger partial charge in [-0.2, -0.15) is 0 Å². The van der Waals surface area contributed by atoms with Crippen LogP contribution in [0.2, 0.25) is 0 Å². The van der Waals surface area contributed by atoms with Crippen molar-refractivity contribution < 1.29 is 23.9 Å². The highest BCUT2D eigenvalue weighted by Crippen LogP contribution is 2.25. The number of hydrogen-bond donors (Lipinski definition) is 3. The lowest BCUT2D eigenvalue weighted by Gasteiger charge is -2.31. The molecule has 0 unspecified atom stereocenters. The fourth-order valence-corrected chi connectivity index (χ4v) is 4.68. The predicted octanol–water partition coefficient (Wildman–Crippen LogP) is 4.86. The molecule has 0 spiro atoms. The summed E-state index contributed by atoms with van der Waals surface area (Å²) in [7, 11) is 1.79. The Morgan fingerprint density at radius 1 is 0.800 bits per heavy atom. The van der Waals surface area contributed by atoms with Gasteiger partial charge < -0.3 is 25.2 Å². The van der Waals surface area contributed by atoms with Gasteiger partial charge in [0.2, 0.25) is 0 Å². The molecule has 1 aliphatic rings. The highest BCUT2D eigenvalue weighted by Gasteiger charge is 2.21. The number of nitrogens with zero attached hydrogens (tertiary/aromatic N) is 2. The van der Waals surface area contributed by atoms with Gasteiger partial charge in [-0.05, 0) is 91.7 Å². The lowest BCUT2D eigenvalue weighted by Crippen LogP contribution is -2.36. The molecule has 0 saturated carbocycles. The smallest absolute Gasteiger partial charge is 0.272 e. The molecule has 40 heavy (non-hydrogen) atoms. The van der Waals surface area contributed by atoms with E-state index in [1.165, 1.54) is 6.07 Å². The van der Waals surface area contributed by atoms with Gasteiger partial charge in [0.1, 0.15) is 11.5 Å². The van der Waals surface area contributed by atoms with Crippen LogP contribution in [0.25, 0.3) is 0 Å². The Bertz CT molecular complexity index is 1540. The zero-order chi connectivity index (χ0) is 28.2. The normalized spacial score (nSPS) is 13.6. The maximum absolute atomic E-state index is 14.8. The molecule has 9 heteroatoms. The molecule has 0 atom stereocenters. The number of carbonyl (C=O) groups is 3. The predicted molar refractivity (Wildman–Crippen MR) is 151 cm³/mol. The van der Waals surface area contributed by atoms with E-state index >= 15 is 0 Å². The number of anilines is 3. The second-order valence-corrected chi connectivity index (χ2v) is 9.78. The maximum Gasteiger partial charge on any atom is 0.272 e. The minimum Gasteiger partial charge on any atom is -0.393 e. The molecule has 5 rings (SSSR count). The third-order valence-electron chi connectivity index (χ3n) is 7.00. The van der Waals surface area contributed by atoms with Gasteiger partial charge in [-0.3, -0.25) is 14.4 Å². The fraction of sp³-hybridized carbons (Fsp3) is 0.194. The summed E-state index contributed by atoms with van der Waals surface area (Å²) in [5.74, 6) is -1.41. The summed E-state index contributed by atoms with van der Waals surface area (Å²) in [5, 5.41) is 15.2. The van der Waals surface area contributed by atoms with Gasteiger partial charge in [-0.25, -0.2) is 4.39 Å². The minimum absolute atomic E-state index is 0.178. The lowest BCUT2D eigenvalue weighted by atomic mass is 10.0. The van der Waals surface area contributed by atoms with Crippen LogP contribution < -0.4 is 15.5 Å². The second-order valence-electron chi connectivity index (χ2n) is 9.78. The Kier molecular flexibility index (Phi) is 7.75. The molecular formula is C31H29FN4O4. The van der Waals surface area contributed by atoms with E-state index in [9.17, 15) is 23.9 Å². The molecule has 8 nitrogen and oxygen atoms in total. The Hall–Kier alpha value is -4.76. The van der Waals surface area contributed by atoms with Gasteiger partial charge in [0.25, 0.3) is 11.8 Å². The summed E-state index contributed by atoms with van der Waals surface area (Å²) < 4.78 is 16.5. The summed E-state index contributed by atoms with van der Waals surface area (Å²) in [4.78, 5) is 39.9. The zero-order valence-electron chi connectivity index (χ0n) is 21.9. The molecule has 2 heterocycles. The van der Waals surface area contributed by atoms with Crippen molar-refractivity contribution >= 4 is 34.7 Å². The van der Waals surface area contributed by atoms with Gasteiger partial charge in [0.15, 0.2) is 5.78 Å². The molecule has 0 radical (unpaired) electrons. The van der Waals surface area contributed by atoms with Crippen molar-refractivity contribution in [3.8, 4) is 0 Å². The van der Waals surface area contributed by atoms with Crippen LogP contribution in [-0.2, 0) is 7.05 Å². The van der Waals surface area contributed by atoms with Crippen molar-refractivity contribution in [2.45, 2.75) is 18.9 Å². The topological polar surface area (TPSA) is 104 Å². The number of aliphatic hydroxyl groups is 1. The van der Waals surface area contributed by atoms with E-state index in [0.717, 1.165) is 0 Å². The molecular weight excluding hydrogens is 511 g/mol. The molecule has 4 aromatic rings. The SMILES string of the molecule is Cn1cccc1C(=O)Nc1ccc(C(=O)c2ccc(NC(=O)c3ccc(N4CCC(O)CC4)c(F)c3)cc2)cc1. The van der Waals surface area contributed by atoms with Crippen molar-refractivity contribution in [2.75, 3.05) is 28.6 Å². The number of carbonyl (C=O) groups excluding carboxylic acids is 3. The Balaban J connectivity index is 1.19. The van der Waals surface area contributed by atoms with Crippen LogP contribution in [0.3, 0.4) is 0 Å². The van der Waals surface area contributed by atoms with Gasteiger partial charge >= 0.3 is 0 Å². The average Bonchev–Trinajstić information content (AvgIpc) is 3.40. The highest BCUT2D eigenvalue weighted by atomic mass is 19.1. The molecule has 0 bridgehead atoms.